The number of nitrogens with one attached hydrogen (secondary N) is 1. The Hall–Kier alpha value is -3.09. The number of hydrogen-bond acceptors (Lipinski definition) is 5. The minimum atomic E-state index is -0.295. The summed E-state index contributed by atoms with van der Waals surface area (Å²) in [7, 11) is 1.63. The highest BCUT2D eigenvalue weighted by molar-refractivity contribution is 5.92. The molecule has 2 amide bonds. The number of rotatable bonds is 10. The maximum Gasteiger partial charge on any atom is 0.273 e. The van der Waals surface area contributed by atoms with Crippen molar-refractivity contribution in [3.05, 3.63) is 60.0 Å². The lowest BCUT2D eigenvalue weighted by atomic mass is 10.1. The van der Waals surface area contributed by atoms with E-state index >= 15 is 0 Å². The molecule has 0 spiro atoms. The lowest BCUT2D eigenvalue weighted by Gasteiger charge is -2.23. The van der Waals surface area contributed by atoms with Crippen molar-refractivity contribution in [2.24, 2.45) is 5.92 Å². The lowest BCUT2D eigenvalue weighted by Crippen LogP contribution is -2.34. The zero-order valence-electron chi connectivity index (χ0n) is 17.4. The number of carbonyl (C=O) groups excluding carboxylic acids is 2. The molecule has 30 heavy (non-hydrogen) atoms. The van der Waals surface area contributed by atoms with Crippen LogP contribution in [0, 0.1) is 5.92 Å². The molecular weight excluding hydrogens is 382 g/mol. The quantitative estimate of drug-likeness (QED) is 0.606. The Morgan fingerprint density at radius 1 is 1.30 bits per heavy atom. The van der Waals surface area contributed by atoms with Crippen LogP contribution in [0.15, 0.2) is 47.5 Å². The van der Waals surface area contributed by atoms with Gasteiger partial charge in [0, 0.05) is 25.1 Å². The Labute approximate surface area is 177 Å². The van der Waals surface area contributed by atoms with Gasteiger partial charge in [0.15, 0.2) is 11.5 Å². The number of benzene rings is 1. The molecule has 7 nitrogen and oxygen atoms in total. The molecule has 7 heteroatoms. The first-order valence-corrected chi connectivity index (χ1v) is 10.4. The summed E-state index contributed by atoms with van der Waals surface area (Å²) < 4.78 is 10.5. The van der Waals surface area contributed by atoms with Gasteiger partial charge in [-0.15, -0.1) is 6.58 Å². The van der Waals surface area contributed by atoms with E-state index in [4.69, 9.17) is 9.26 Å². The zero-order valence-corrected chi connectivity index (χ0v) is 17.4. The van der Waals surface area contributed by atoms with Crippen LogP contribution in [0.4, 0.5) is 0 Å². The molecule has 0 bridgehead atoms. The van der Waals surface area contributed by atoms with Crippen molar-refractivity contribution in [2.75, 3.05) is 20.2 Å². The van der Waals surface area contributed by atoms with Gasteiger partial charge in [0.25, 0.3) is 5.91 Å². The summed E-state index contributed by atoms with van der Waals surface area (Å²) in [6, 6.07) is 9.32. The minimum Gasteiger partial charge on any atom is -0.497 e. The summed E-state index contributed by atoms with van der Waals surface area (Å²) in [5.74, 6) is 1.19. The summed E-state index contributed by atoms with van der Waals surface area (Å²) in [4.78, 5) is 26.8. The van der Waals surface area contributed by atoms with Gasteiger partial charge in [-0.2, -0.15) is 0 Å². The van der Waals surface area contributed by atoms with Crippen LogP contribution >= 0.6 is 0 Å². The van der Waals surface area contributed by atoms with Crippen molar-refractivity contribution in [1.82, 2.24) is 15.4 Å². The van der Waals surface area contributed by atoms with Gasteiger partial charge in [-0.3, -0.25) is 9.59 Å². The number of ether oxygens (including phenoxy) is 1. The Kier molecular flexibility index (Phi) is 7.65. The molecule has 160 valence electrons. The zero-order chi connectivity index (χ0) is 21.3. The molecule has 1 aliphatic carbocycles. The summed E-state index contributed by atoms with van der Waals surface area (Å²) in [6.45, 7) is 4.95. The molecule has 1 aliphatic rings. The Morgan fingerprint density at radius 3 is 2.70 bits per heavy atom. The van der Waals surface area contributed by atoms with Gasteiger partial charge in [0.2, 0.25) is 5.91 Å². The molecule has 1 aromatic heterocycles. The highest BCUT2D eigenvalue weighted by atomic mass is 16.5. The summed E-state index contributed by atoms with van der Waals surface area (Å²) >= 11 is 0. The van der Waals surface area contributed by atoms with Gasteiger partial charge < -0.3 is 19.5 Å². The fourth-order valence-corrected chi connectivity index (χ4v) is 3.70. The van der Waals surface area contributed by atoms with Crippen LogP contribution in [0.3, 0.4) is 0 Å². The first kappa shape index (κ1) is 21.6. The summed E-state index contributed by atoms with van der Waals surface area (Å²) in [5.41, 5.74) is 1.31. The molecule has 0 unspecified atom stereocenters. The fraction of sp³-hybridized carbons (Fsp3) is 0.435. The number of methoxy groups -OCH3 is 1. The van der Waals surface area contributed by atoms with E-state index < -0.39 is 0 Å². The third kappa shape index (κ3) is 5.72. The van der Waals surface area contributed by atoms with E-state index in [1.807, 2.05) is 24.3 Å². The molecule has 3 rings (SSSR count). The molecule has 0 aliphatic heterocycles. The minimum absolute atomic E-state index is 0.0774. The van der Waals surface area contributed by atoms with E-state index in [-0.39, 0.29) is 30.0 Å². The number of aromatic nitrogens is 1. The van der Waals surface area contributed by atoms with Gasteiger partial charge in [0.05, 0.1) is 13.7 Å². The standard InChI is InChI=1S/C23H29N3O4/c1-3-14-26(23(28)18-6-4-5-7-18)16-20-15-21(25-30-20)22(27)24-13-12-17-8-10-19(29-2)11-9-17/h3,8-11,15,18H,1,4-7,12-14,16H2,2H3,(H,24,27). The normalized spacial score (nSPS) is 13.8. The van der Waals surface area contributed by atoms with Crippen molar-refractivity contribution in [2.45, 2.75) is 38.6 Å². The van der Waals surface area contributed by atoms with E-state index in [1.54, 1.807) is 24.2 Å². The second-order valence-corrected chi connectivity index (χ2v) is 7.52. The van der Waals surface area contributed by atoms with Crippen molar-refractivity contribution in [3.63, 3.8) is 0 Å². The van der Waals surface area contributed by atoms with Crippen molar-refractivity contribution in [1.29, 1.82) is 0 Å². The third-order valence-corrected chi connectivity index (χ3v) is 5.36. The van der Waals surface area contributed by atoms with Crippen LogP contribution in [-0.2, 0) is 17.8 Å². The second-order valence-electron chi connectivity index (χ2n) is 7.52. The molecule has 1 N–H and O–H groups in total. The molecular formula is C23H29N3O4. The fourth-order valence-electron chi connectivity index (χ4n) is 3.70. The lowest BCUT2D eigenvalue weighted by molar-refractivity contribution is -0.135. The Bertz CT molecular complexity index is 854. The molecule has 1 fully saturated rings. The van der Waals surface area contributed by atoms with Crippen LogP contribution in [0.1, 0.15) is 47.5 Å². The SMILES string of the molecule is C=CCN(Cc1cc(C(=O)NCCc2ccc(OC)cc2)no1)C(=O)C1CCCC1. The molecule has 0 saturated heterocycles. The average molecular weight is 412 g/mol. The van der Waals surface area contributed by atoms with E-state index in [0.717, 1.165) is 37.0 Å². The number of hydrogen-bond donors (Lipinski definition) is 1. The van der Waals surface area contributed by atoms with Crippen molar-refractivity contribution >= 4 is 11.8 Å². The van der Waals surface area contributed by atoms with Crippen LogP contribution < -0.4 is 10.1 Å². The molecule has 1 saturated carbocycles. The van der Waals surface area contributed by atoms with Gasteiger partial charge in [-0.1, -0.05) is 36.2 Å². The topological polar surface area (TPSA) is 84.7 Å². The predicted molar refractivity (Wildman–Crippen MR) is 113 cm³/mol. The van der Waals surface area contributed by atoms with Crippen LogP contribution in [-0.4, -0.2) is 42.1 Å². The average Bonchev–Trinajstić information content (AvgIpc) is 3.46. The van der Waals surface area contributed by atoms with Gasteiger partial charge in [-0.25, -0.2) is 0 Å². The van der Waals surface area contributed by atoms with Crippen LogP contribution in [0.5, 0.6) is 5.75 Å². The number of nitrogens with zero attached hydrogens (tertiary/aromatic N) is 2. The monoisotopic (exact) mass is 411 g/mol. The number of amides is 2. The third-order valence-electron chi connectivity index (χ3n) is 5.36. The van der Waals surface area contributed by atoms with E-state index in [9.17, 15) is 9.59 Å². The molecule has 0 radical (unpaired) electrons. The van der Waals surface area contributed by atoms with E-state index in [2.05, 4.69) is 17.1 Å². The molecule has 0 atom stereocenters. The Morgan fingerprint density at radius 2 is 2.03 bits per heavy atom. The first-order valence-electron chi connectivity index (χ1n) is 10.4. The Balaban J connectivity index is 1.51. The smallest absolute Gasteiger partial charge is 0.273 e. The van der Waals surface area contributed by atoms with Gasteiger partial charge in [0.1, 0.15) is 5.75 Å². The summed E-state index contributed by atoms with van der Waals surface area (Å²) in [5, 5.41) is 6.71. The maximum atomic E-state index is 12.7. The second kappa shape index (κ2) is 10.6. The van der Waals surface area contributed by atoms with Gasteiger partial charge in [-0.05, 0) is 37.0 Å². The largest absolute Gasteiger partial charge is 0.497 e. The molecule has 1 heterocycles. The molecule has 2 aromatic rings. The highest BCUT2D eigenvalue weighted by Gasteiger charge is 2.27. The predicted octanol–water partition coefficient (Wildman–Crippen LogP) is 3.36. The first-order chi connectivity index (χ1) is 14.6. The van der Waals surface area contributed by atoms with Crippen LogP contribution in [0.25, 0.3) is 0 Å². The van der Waals surface area contributed by atoms with E-state index in [0.29, 0.717) is 25.3 Å². The van der Waals surface area contributed by atoms with E-state index in [1.165, 1.54) is 0 Å². The highest BCUT2D eigenvalue weighted by Crippen LogP contribution is 2.27. The summed E-state index contributed by atoms with van der Waals surface area (Å²) in [6.07, 6.45) is 6.47. The molecule has 1 aromatic carbocycles. The number of carbonyl (C=O) groups is 2. The van der Waals surface area contributed by atoms with Crippen LogP contribution in [0.2, 0.25) is 0 Å². The maximum absolute atomic E-state index is 12.7. The van der Waals surface area contributed by atoms with Gasteiger partial charge >= 0.3 is 0 Å². The van der Waals surface area contributed by atoms with Crippen molar-refractivity contribution < 1.29 is 18.8 Å². The van der Waals surface area contributed by atoms with Crippen molar-refractivity contribution in [3.8, 4) is 5.75 Å².